The van der Waals surface area contributed by atoms with Crippen LogP contribution in [-0.2, 0) is 24.3 Å². The molecule has 0 saturated carbocycles. The predicted octanol–water partition coefficient (Wildman–Crippen LogP) is 2.77. The Balaban J connectivity index is 1.12. The molecule has 170 valence electrons. The van der Waals surface area contributed by atoms with E-state index in [2.05, 4.69) is 31.7 Å². The molecule has 3 aromatic heterocycles. The summed E-state index contributed by atoms with van der Waals surface area (Å²) in [5.41, 5.74) is 10.2. The first-order valence-electron chi connectivity index (χ1n) is 11.1. The van der Waals surface area contributed by atoms with Gasteiger partial charge in [0.05, 0.1) is 6.20 Å². The summed E-state index contributed by atoms with van der Waals surface area (Å²) >= 11 is 0. The monoisotopic (exact) mass is 446 g/mol. The summed E-state index contributed by atoms with van der Waals surface area (Å²) in [7, 11) is 0. The van der Waals surface area contributed by atoms with Gasteiger partial charge in [0.2, 0.25) is 5.65 Å². The van der Waals surface area contributed by atoms with E-state index in [0.29, 0.717) is 43.5 Å². The smallest absolute Gasteiger partial charge is 0.410 e. The second-order valence-corrected chi connectivity index (χ2v) is 8.42. The fraction of sp³-hybridized carbons (Fsp3) is 0.348. The van der Waals surface area contributed by atoms with E-state index >= 15 is 0 Å². The van der Waals surface area contributed by atoms with Crippen LogP contribution < -0.4 is 5.73 Å². The highest BCUT2D eigenvalue weighted by atomic mass is 16.6. The van der Waals surface area contributed by atoms with E-state index in [-0.39, 0.29) is 6.09 Å². The number of carbonyl (C=O) groups is 1. The lowest BCUT2D eigenvalue weighted by Crippen LogP contribution is -2.39. The average Bonchev–Trinajstić information content (AvgIpc) is 3.48. The zero-order chi connectivity index (χ0) is 22.6. The number of nitrogens with two attached hydrogens (primary N) is 1. The van der Waals surface area contributed by atoms with Gasteiger partial charge in [-0.1, -0.05) is 30.3 Å². The molecular formula is C23H26N8O2. The number of rotatable bonds is 6. The van der Waals surface area contributed by atoms with Gasteiger partial charge in [0.25, 0.3) is 0 Å². The Morgan fingerprint density at radius 1 is 1.15 bits per heavy atom. The molecule has 4 heterocycles. The number of piperidine rings is 1. The van der Waals surface area contributed by atoms with Crippen LogP contribution in [0.1, 0.15) is 29.5 Å². The Bertz CT molecular complexity index is 1230. The predicted molar refractivity (Wildman–Crippen MR) is 122 cm³/mol. The number of fused-ring (bicyclic) bond motifs is 1. The van der Waals surface area contributed by atoms with E-state index in [9.17, 15) is 4.79 Å². The summed E-state index contributed by atoms with van der Waals surface area (Å²) in [6.45, 7) is 2.53. The number of likely N-dealkylation sites (tertiary alicyclic amines) is 1. The number of nitrogens with one attached hydrogen (secondary N) is 1. The van der Waals surface area contributed by atoms with Gasteiger partial charge in [0.15, 0.2) is 0 Å². The van der Waals surface area contributed by atoms with Crippen molar-refractivity contribution < 1.29 is 9.53 Å². The lowest BCUT2D eigenvalue weighted by molar-refractivity contribution is 0.0803. The molecule has 1 aliphatic heterocycles. The maximum absolute atomic E-state index is 12.4. The topological polar surface area (TPSA) is 128 Å². The molecule has 0 aliphatic carbocycles. The van der Waals surface area contributed by atoms with Crippen LogP contribution in [0.2, 0.25) is 0 Å². The second-order valence-electron chi connectivity index (χ2n) is 8.42. The Morgan fingerprint density at radius 2 is 1.97 bits per heavy atom. The minimum Gasteiger partial charge on any atom is -0.445 e. The van der Waals surface area contributed by atoms with E-state index in [1.807, 2.05) is 47.3 Å². The molecule has 3 N–H and O–H groups in total. The van der Waals surface area contributed by atoms with Crippen molar-refractivity contribution in [2.75, 3.05) is 18.8 Å². The third kappa shape index (κ3) is 4.94. The van der Waals surface area contributed by atoms with Crippen molar-refractivity contribution in [2.24, 2.45) is 5.92 Å². The van der Waals surface area contributed by atoms with Crippen LogP contribution >= 0.6 is 0 Å². The van der Waals surface area contributed by atoms with Gasteiger partial charge in [0, 0.05) is 32.3 Å². The zero-order valence-electron chi connectivity index (χ0n) is 18.2. The normalized spacial score (nSPS) is 14.6. The van der Waals surface area contributed by atoms with Crippen LogP contribution in [0, 0.1) is 5.92 Å². The van der Waals surface area contributed by atoms with Crippen LogP contribution in [0.15, 0.2) is 48.8 Å². The number of hydrogen-bond acceptors (Lipinski definition) is 7. The fourth-order valence-electron chi connectivity index (χ4n) is 4.25. The SMILES string of the molecule is Nc1cc(Cc2cnn(CC3CCN(C(=O)OCc4ccccc4)CC3)c2)c2n[nH]nc2n1. The van der Waals surface area contributed by atoms with Gasteiger partial charge in [-0.25, -0.2) is 9.78 Å². The molecule has 10 heteroatoms. The van der Waals surface area contributed by atoms with Crippen molar-refractivity contribution in [1.29, 1.82) is 0 Å². The highest BCUT2D eigenvalue weighted by Crippen LogP contribution is 2.22. The van der Waals surface area contributed by atoms with E-state index in [1.54, 1.807) is 4.90 Å². The molecule has 1 fully saturated rings. The summed E-state index contributed by atoms with van der Waals surface area (Å²) in [6, 6.07) is 11.6. The highest BCUT2D eigenvalue weighted by molar-refractivity contribution is 5.76. The summed E-state index contributed by atoms with van der Waals surface area (Å²) in [5.74, 6) is 0.891. The first-order valence-corrected chi connectivity index (χ1v) is 11.1. The van der Waals surface area contributed by atoms with Gasteiger partial charge in [0.1, 0.15) is 17.9 Å². The molecule has 5 rings (SSSR count). The molecule has 1 amide bonds. The summed E-state index contributed by atoms with van der Waals surface area (Å²) < 4.78 is 7.44. The highest BCUT2D eigenvalue weighted by Gasteiger charge is 2.24. The van der Waals surface area contributed by atoms with Gasteiger partial charge >= 0.3 is 6.09 Å². The van der Waals surface area contributed by atoms with Crippen LogP contribution in [0.4, 0.5) is 10.6 Å². The molecule has 4 aromatic rings. The second kappa shape index (κ2) is 9.27. The van der Waals surface area contributed by atoms with Crippen LogP contribution in [-0.4, -0.2) is 54.3 Å². The molecular weight excluding hydrogens is 420 g/mol. The minimum absolute atomic E-state index is 0.241. The number of benzene rings is 1. The number of aromatic nitrogens is 6. The third-order valence-electron chi connectivity index (χ3n) is 6.00. The Labute approximate surface area is 190 Å². The number of pyridine rings is 1. The lowest BCUT2D eigenvalue weighted by Gasteiger charge is -2.31. The number of amides is 1. The molecule has 0 atom stereocenters. The van der Waals surface area contributed by atoms with Crippen molar-refractivity contribution in [1.82, 2.24) is 35.1 Å². The van der Waals surface area contributed by atoms with Gasteiger partial charge in [-0.05, 0) is 41.5 Å². The number of aromatic amines is 1. The van der Waals surface area contributed by atoms with E-state index in [4.69, 9.17) is 10.5 Å². The standard InChI is InChI=1S/C23H26N8O2/c24-20-11-19(21-22(26-20)28-29-27-21)10-18-12-25-31(14-18)13-16-6-8-30(9-7-16)23(32)33-15-17-4-2-1-3-5-17/h1-5,11-12,14,16H,6-10,13,15H2,(H3,24,26,27,28,29). The van der Waals surface area contributed by atoms with Gasteiger partial charge in [-0.3, -0.25) is 4.68 Å². The molecule has 1 aromatic carbocycles. The van der Waals surface area contributed by atoms with Crippen LogP contribution in [0.3, 0.4) is 0 Å². The average molecular weight is 447 g/mol. The van der Waals surface area contributed by atoms with E-state index in [0.717, 1.165) is 41.6 Å². The molecule has 1 saturated heterocycles. The molecule has 33 heavy (non-hydrogen) atoms. The van der Waals surface area contributed by atoms with E-state index in [1.165, 1.54) is 0 Å². The van der Waals surface area contributed by atoms with E-state index < -0.39 is 0 Å². The number of carbonyl (C=O) groups excluding carboxylic acids is 1. The Morgan fingerprint density at radius 3 is 2.79 bits per heavy atom. The third-order valence-corrected chi connectivity index (χ3v) is 6.00. The summed E-state index contributed by atoms with van der Waals surface area (Å²) in [6.07, 6.45) is 6.20. The molecule has 0 spiro atoms. The number of nitrogens with zero attached hydrogens (tertiary/aromatic N) is 6. The van der Waals surface area contributed by atoms with Gasteiger partial charge in [-0.2, -0.15) is 15.4 Å². The quantitative estimate of drug-likeness (QED) is 0.466. The van der Waals surface area contributed by atoms with Crippen molar-refractivity contribution >= 4 is 23.1 Å². The van der Waals surface area contributed by atoms with Gasteiger partial charge < -0.3 is 15.4 Å². The number of nitrogen functional groups attached to an aromatic ring is 1. The molecule has 0 radical (unpaired) electrons. The Hall–Kier alpha value is -3.95. The first kappa shape index (κ1) is 20.9. The fourth-order valence-corrected chi connectivity index (χ4v) is 4.25. The molecule has 10 nitrogen and oxygen atoms in total. The summed E-state index contributed by atoms with van der Waals surface area (Å²) in [5, 5.41) is 15.3. The van der Waals surface area contributed by atoms with Crippen molar-refractivity contribution in [3.63, 3.8) is 0 Å². The zero-order valence-corrected chi connectivity index (χ0v) is 18.2. The minimum atomic E-state index is -0.241. The molecule has 0 bridgehead atoms. The molecule has 1 aliphatic rings. The summed E-state index contributed by atoms with van der Waals surface area (Å²) in [4.78, 5) is 18.3. The number of anilines is 1. The lowest BCUT2D eigenvalue weighted by atomic mass is 9.97. The van der Waals surface area contributed by atoms with Crippen LogP contribution in [0.5, 0.6) is 0 Å². The number of hydrogen-bond donors (Lipinski definition) is 2. The Kier molecular flexibility index (Phi) is 5.88. The largest absolute Gasteiger partial charge is 0.445 e. The van der Waals surface area contributed by atoms with Crippen molar-refractivity contribution in [3.8, 4) is 0 Å². The van der Waals surface area contributed by atoms with Crippen LogP contribution in [0.25, 0.3) is 11.2 Å². The number of ether oxygens (including phenoxy) is 1. The van der Waals surface area contributed by atoms with Gasteiger partial charge in [-0.15, -0.1) is 5.10 Å². The number of H-pyrrole nitrogens is 1. The molecule has 0 unspecified atom stereocenters. The van der Waals surface area contributed by atoms with Crippen molar-refractivity contribution in [3.05, 3.63) is 65.5 Å². The maximum atomic E-state index is 12.4. The maximum Gasteiger partial charge on any atom is 0.410 e. The van der Waals surface area contributed by atoms with Crippen molar-refractivity contribution in [2.45, 2.75) is 32.4 Å². The first-order chi connectivity index (χ1) is 16.1.